The van der Waals surface area contributed by atoms with Crippen LogP contribution in [0.1, 0.15) is 32.1 Å². The van der Waals surface area contributed by atoms with Crippen molar-refractivity contribution in [2.24, 2.45) is 0 Å². The average Bonchev–Trinajstić information content (AvgIpc) is 2.30. The van der Waals surface area contributed by atoms with Gasteiger partial charge in [0, 0.05) is 11.8 Å². The lowest BCUT2D eigenvalue weighted by Gasteiger charge is -2.27. The molecule has 1 aliphatic heterocycles. The third kappa shape index (κ3) is 3.14. The molecule has 90 valence electrons. The van der Waals surface area contributed by atoms with E-state index in [1.54, 1.807) is 0 Å². The van der Waals surface area contributed by atoms with Crippen LogP contribution in [0.3, 0.4) is 0 Å². The molecular weight excluding hydrogens is 224 g/mol. The first-order valence-corrected chi connectivity index (χ1v) is 7.08. The minimum absolute atomic E-state index is 0.00699. The van der Waals surface area contributed by atoms with E-state index in [4.69, 9.17) is 0 Å². The largest absolute Gasteiger partial charge is 0.352 e. The van der Waals surface area contributed by atoms with Gasteiger partial charge in [0.1, 0.15) is 6.04 Å². The summed E-state index contributed by atoms with van der Waals surface area (Å²) in [4.78, 5) is 23.0. The summed E-state index contributed by atoms with van der Waals surface area (Å²) in [5.74, 6) is 1.14. The van der Waals surface area contributed by atoms with Crippen LogP contribution in [0.25, 0.3) is 0 Å². The predicted molar refractivity (Wildman–Crippen MR) is 64.3 cm³/mol. The van der Waals surface area contributed by atoms with Gasteiger partial charge < -0.3 is 10.6 Å². The highest BCUT2D eigenvalue weighted by Crippen LogP contribution is 2.18. The van der Waals surface area contributed by atoms with Gasteiger partial charge in [-0.1, -0.05) is 19.3 Å². The Balaban J connectivity index is 1.79. The summed E-state index contributed by atoms with van der Waals surface area (Å²) >= 11 is 1.53. The van der Waals surface area contributed by atoms with Crippen LogP contribution in [0.2, 0.25) is 0 Å². The van der Waals surface area contributed by atoms with Gasteiger partial charge in [-0.3, -0.25) is 9.59 Å². The summed E-state index contributed by atoms with van der Waals surface area (Å²) in [5.41, 5.74) is 0. The lowest BCUT2D eigenvalue weighted by Crippen LogP contribution is -2.53. The van der Waals surface area contributed by atoms with Crippen LogP contribution in [0, 0.1) is 0 Å². The first-order valence-electron chi connectivity index (χ1n) is 5.93. The van der Waals surface area contributed by atoms with Crippen LogP contribution in [0.4, 0.5) is 0 Å². The summed E-state index contributed by atoms with van der Waals surface area (Å²) in [6.45, 7) is 0. The second-order valence-corrected chi connectivity index (χ2v) is 5.51. The van der Waals surface area contributed by atoms with Crippen molar-refractivity contribution in [3.05, 3.63) is 0 Å². The maximum absolute atomic E-state index is 11.9. The molecule has 0 spiro atoms. The number of rotatable bonds is 2. The molecule has 2 aliphatic rings. The summed E-state index contributed by atoms with van der Waals surface area (Å²) < 4.78 is 0. The fourth-order valence-electron chi connectivity index (χ4n) is 2.24. The molecule has 0 aromatic carbocycles. The lowest BCUT2D eigenvalue weighted by molar-refractivity contribution is -0.128. The molecule has 0 radical (unpaired) electrons. The third-order valence-electron chi connectivity index (χ3n) is 3.12. The van der Waals surface area contributed by atoms with Crippen LogP contribution < -0.4 is 10.6 Å². The number of hydrogen-bond donors (Lipinski definition) is 2. The highest BCUT2D eigenvalue weighted by Gasteiger charge is 2.26. The Kier molecular flexibility index (Phi) is 4.09. The van der Waals surface area contributed by atoms with E-state index in [2.05, 4.69) is 10.6 Å². The van der Waals surface area contributed by atoms with E-state index in [1.165, 1.54) is 31.0 Å². The first-order chi connectivity index (χ1) is 7.75. The van der Waals surface area contributed by atoms with Gasteiger partial charge in [-0.25, -0.2) is 0 Å². The third-order valence-corrected chi connectivity index (χ3v) is 4.16. The highest BCUT2D eigenvalue weighted by molar-refractivity contribution is 8.00. The standard InChI is InChI=1S/C11H18N2O2S/c14-10-7-16-6-9(13-10)11(15)12-8-4-2-1-3-5-8/h8-9H,1-7H2,(H,12,15)(H,13,14). The van der Waals surface area contributed by atoms with E-state index < -0.39 is 0 Å². The molecule has 16 heavy (non-hydrogen) atoms. The highest BCUT2D eigenvalue weighted by atomic mass is 32.2. The van der Waals surface area contributed by atoms with Crippen LogP contribution >= 0.6 is 11.8 Å². The zero-order chi connectivity index (χ0) is 11.4. The van der Waals surface area contributed by atoms with E-state index in [0.29, 0.717) is 17.5 Å². The SMILES string of the molecule is O=C1CSCC(C(=O)NC2CCCCC2)N1. The van der Waals surface area contributed by atoms with Crippen molar-refractivity contribution >= 4 is 23.6 Å². The molecule has 1 saturated carbocycles. The molecule has 2 fully saturated rings. The minimum atomic E-state index is -0.326. The molecule has 1 heterocycles. The molecule has 1 saturated heterocycles. The molecule has 2 rings (SSSR count). The monoisotopic (exact) mass is 242 g/mol. The zero-order valence-electron chi connectivity index (χ0n) is 9.33. The first kappa shape index (κ1) is 11.8. The number of hydrogen-bond acceptors (Lipinski definition) is 3. The molecule has 1 unspecified atom stereocenters. The van der Waals surface area contributed by atoms with Crippen molar-refractivity contribution in [3.63, 3.8) is 0 Å². The van der Waals surface area contributed by atoms with Crippen LogP contribution in [0.5, 0.6) is 0 Å². The molecule has 2 amide bonds. The van der Waals surface area contributed by atoms with Gasteiger partial charge >= 0.3 is 0 Å². The lowest BCUT2D eigenvalue weighted by atomic mass is 9.95. The molecule has 5 heteroatoms. The van der Waals surface area contributed by atoms with Crippen molar-refractivity contribution < 1.29 is 9.59 Å². The molecule has 1 aliphatic carbocycles. The van der Waals surface area contributed by atoms with Crippen molar-refractivity contribution in [1.29, 1.82) is 0 Å². The van der Waals surface area contributed by atoms with Gasteiger partial charge in [0.15, 0.2) is 0 Å². The molecular formula is C11H18N2O2S. The van der Waals surface area contributed by atoms with Gasteiger partial charge in [0.05, 0.1) is 5.75 Å². The van der Waals surface area contributed by atoms with Crippen molar-refractivity contribution in [1.82, 2.24) is 10.6 Å². The number of carbonyl (C=O) groups is 2. The summed E-state index contributed by atoms with van der Waals surface area (Å²) in [7, 11) is 0. The number of amides is 2. The van der Waals surface area contributed by atoms with E-state index in [1.807, 2.05) is 0 Å². The Morgan fingerprint density at radius 1 is 1.31 bits per heavy atom. The molecule has 4 nitrogen and oxygen atoms in total. The van der Waals surface area contributed by atoms with Crippen LogP contribution in [-0.4, -0.2) is 35.4 Å². The molecule has 0 bridgehead atoms. The molecule has 2 N–H and O–H groups in total. The normalized spacial score (nSPS) is 27.2. The number of nitrogens with one attached hydrogen (secondary N) is 2. The van der Waals surface area contributed by atoms with Gasteiger partial charge in [-0.05, 0) is 12.8 Å². The van der Waals surface area contributed by atoms with E-state index in [9.17, 15) is 9.59 Å². The minimum Gasteiger partial charge on any atom is -0.352 e. The van der Waals surface area contributed by atoms with E-state index >= 15 is 0 Å². The second-order valence-electron chi connectivity index (χ2n) is 4.48. The fourth-order valence-corrected chi connectivity index (χ4v) is 3.09. The van der Waals surface area contributed by atoms with Gasteiger partial charge in [0.2, 0.25) is 11.8 Å². The smallest absolute Gasteiger partial charge is 0.243 e. The van der Waals surface area contributed by atoms with Gasteiger partial charge in [0.25, 0.3) is 0 Å². The Hall–Kier alpha value is -0.710. The van der Waals surface area contributed by atoms with Gasteiger partial charge in [-0.2, -0.15) is 0 Å². The Labute approximate surface area is 99.9 Å². The zero-order valence-corrected chi connectivity index (χ0v) is 10.1. The topological polar surface area (TPSA) is 58.2 Å². The average molecular weight is 242 g/mol. The summed E-state index contributed by atoms with van der Waals surface area (Å²) in [6, 6.07) is -0.00162. The van der Waals surface area contributed by atoms with Crippen molar-refractivity contribution in [3.8, 4) is 0 Å². The quantitative estimate of drug-likeness (QED) is 0.748. The molecule has 0 aromatic rings. The number of thioether (sulfide) groups is 1. The number of carbonyl (C=O) groups excluding carboxylic acids is 2. The van der Waals surface area contributed by atoms with E-state index in [-0.39, 0.29) is 17.9 Å². The summed E-state index contributed by atoms with van der Waals surface area (Å²) in [6.07, 6.45) is 5.86. The Bertz CT molecular complexity index is 277. The predicted octanol–water partition coefficient (Wildman–Crippen LogP) is 0.667. The van der Waals surface area contributed by atoms with Crippen LogP contribution in [0.15, 0.2) is 0 Å². The maximum Gasteiger partial charge on any atom is 0.243 e. The maximum atomic E-state index is 11.9. The molecule has 1 atom stereocenters. The van der Waals surface area contributed by atoms with Crippen molar-refractivity contribution in [2.45, 2.75) is 44.2 Å². The Morgan fingerprint density at radius 3 is 2.75 bits per heavy atom. The molecule has 0 aromatic heterocycles. The van der Waals surface area contributed by atoms with E-state index in [0.717, 1.165) is 12.8 Å². The van der Waals surface area contributed by atoms with Gasteiger partial charge in [-0.15, -0.1) is 11.8 Å². The summed E-state index contributed by atoms with van der Waals surface area (Å²) in [5, 5.41) is 5.78. The van der Waals surface area contributed by atoms with Crippen molar-refractivity contribution in [2.75, 3.05) is 11.5 Å². The fraction of sp³-hybridized carbons (Fsp3) is 0.818. The second kappa shape index (κ2) is 5.57. The van der Waals surface area contributed by atoms with Crippen LogP contribution in [-0.2, 0) is 9.59 Å². The Morgan fingerprint density at radius 2 is 2.06 bits per heavy atom.